The summed E-state index contributed by atoms with van der Waals surface area (Å²) in [5, 5.41) is 7.86. The average molecular weight is 430 g/mol. The number of aryl methyl sites for hydroxylation is 2. The number of carbonyl (C=O) groups is 2. The number of thiazole rings is 1. The van der Waals surface area contributed by atoms with E-state index < -0.39 is 0 Å². The van der Waals surface area contributed by atoms with E-state index in [0.29, 0.717) is 10.8 Å². The Bertz CT molecular complexity index is 1020. The summed E-state index contributed by atoms with van der Waals surface area (Å²) in [6, 6.07) is 11.7. The van der Waals surface area contributed by atoms with Gasteiger partial charge in [0.15, 0.2) is 5.13 Å². The Morgan fingerprint density at radius 1 is 1.03 bits per heavy atom. The monoisotopic (exact) mass is 429 g/mol. The molecule has 0 bridgehead atoms. The SMILES string of the molecule is Cc1ccc(-c2csc(NC(=O)CSCC(=O)Nc3ccc(F)cc3)n2)c(C)c1. The number of amides is 2. The Hall–Kier alpha value is -2.71. The second-order valence-corrected chi connectivity index (χ2v) is 8.30. The number of nitrogens with zero attached hydrogens (tertiary/aromatic N) is 1. The molecule has 8 heteroatoms. The summed E-state index contributed by atoms with van der Waals surface area (Å²) in [4.78, 5) is 28.5. The number of carbonyl (C=O) groups excluding carboxylic acids is 2. The molecule has 0 unspecified atom stereocenters. The molecule has 5 nitrogen and oxygen atoms in total. The zero-order chi connectivity index (χ0) is 20.8. The Labute approximate surface area is 176 Å². The van der Waals surface area contributed by atoms with Crippen LogP contribution >= 0.6 is 23.1 Å². The molecule has 0 aliphatic rings. The van der Waals surface area contributed by atoms with E-state index in [2.05, 4.69) is 21.7 Å². The van der Waals surface area contributed by atoms with Crippen molar-refractivity contribution in [3.63, 3.8) is 0 Å². The Balaban J connectivity index is 1.45. The highest BCUT2D eigenvalue weighted by Gasteiger charge is 2.11. The molecule has 0 aliphatic carbocycles. The zero-order valence-corrected chi connectivity index (χ0v) is 17.6. The molecule has 0 radical (unpaired) electrons. The van der Waals surface area contributed by atoms with Crippen LogP contribution in [-0.4, -0.2) is 28.3 Å². The molecule has 2 amide bonds. The Morgan fingerprint density at radius 2 is 1.72 bits per heavy atom. The summed E-state index contributed by atoms with van der Waals surface area (Å²) in [5.41, 5.74) is 4.71. The van der Waals surface area contributed by atoms with Gasteiger partial charge in [0.25, 0.3) is 0 Å². The van der Waals surface area contributed by atoms with Crippen molar-refractivity contribution in [2.45, 2.75) is 13.8 Å². The second kappa shape index (κ2) is 9.67. The quantitative estimate of drug-likeness (QED) is 0.562. The van der Waals surface area contributed by atoms with Gasteiger partial charge in [0.05, 0.1) is 17.2 Å². The van der Waals surface area contributed by atoms with Gasteiger partial charge < -0.3 is 10.6 Å². The van der Waals surface area contributed by atoms with Crippen LogP contribution < -0.4 is 10.6 Å². The maximum absolute atomic E-state index is 12.9. The van der Waals surface area contributed by atoms with Gasteiger partial charge in [-0.15, -0.1) is 23.1 Å². The van der Waals surface area contributed by atoms with Crippen molar-refractivity contribution >= 4 is 45.7 Å². The molecule has 0 aliphatic heterocycles. The van der Waals surface area contributed by atoms with Crippen molar-refractivity contribution in [3.8, 4) is 11.3 Å². The summed E-state index contributed by atoms with van der Waals surface area (Å²) < 4.78 is 12.9. The first kappa shape index (κ1) is 21.0. The van der Waals surface area contributed by atoms with Gasteiger partial charge in [-0.2, -0.15) is 0 Å². The lowest BCUT2D eigenvalue weighted by Crippen LogP contribution is -2.18. The van der Waals surface area contributed by atoms with Crippen molar-refractivity contribution in [1.82, 2.24) is 4.98 Å². The molecule has 2 aromatic carbocycles. The van der Waals surface area contributed by atoms with Gasteiger partial charge in [0, 0.05) is 16.6 Å². The summed E-state index contributed by atoms with van der Waals surface area (Å²) in [5.74, 6) is -0.574. The molecular formula is C21H20FN3O2S2. The molecule has 3 aromatic rings. The first-order chi connectivity index (χ1) is 13.9. The van der Waals surface area contributed by atoms with E-state index in [1.807, 2.05) is 31.4 Å². The van der Waals surface area contributed by atoms with Gasteiger partial charge >= 0.3 is 0 Å². The predicted molar refractivity (Wildman–Crippen MR) is 118 cm³/mol. The second-order valence-electron chi connectivity index (χ2n) is 6.45. The molecule has 150 valence electrons. The van der Waals surface area contributed by atoms with Crippen molar-refractivity contribution in [2.24, 2.45) is 0 Å². The summed E-state index contributed by atoms with van der Waals surface area (Å²) in [7, 11) is 0. The third-order valence-electron chi connectivity index (χ3n) is 4.00. The number of aromatic nitrogens is 1. The topological polar surface area (TPSA) is 71.1 Å². The number of thioether (sulfide) groups is 1. The standard InChI is InChI=1S/C21H20FN3O2S2/c1-13-3-8-17(14(2)9-13)18-10-29-21(24-18)25-20(27)12-28-11-19(26)23-16-6-4-15(22)5-7-16/h3-10H,11-12H2,1-2H3,(H,23,26)(H,24,25,27). The third kappa shape index (κ3) is 6.13. The minimum atomic E-state index is -0.364. The van der Waals surface area contributed by atoms with Gasteiger partial charge in [-0.25, -0.2) is 9.37 Å². The summed E-state index contributed by atoms with van der Waals surface area (Å²) in [6.45, 7) is 4.08. The van der Waals surface area contributed by atoms with Crippen LogP contribution in [-0.2, 0) is 9.59 Å². The molecule has 0 atom stereocenters. The van der Waals surface area contributed by atoms with Crippen LogP contribution in [0.15, 0.2) is 47.8 Å². The highest BCUT2D eigenvalue weighted by molar-refractivity contribution is 8.00. The number of halogens is 1. The van der Waals surface area contributed by atoms with Gasteiger partial charge in [0.2, 0.25) is 11.8 Å². The fourth-order valence-corrected chi connectivity index (χ4v) is 4.02. The fourth-order valence-electron chi connectivity index (χ4n) is 2.68. The average Bonchev–Trinajstić information content (AvgIpc) is 3.11. The number of benzene rings is 2. The molecule has 0 fully saturated rings. The van der Waals surface area contributed by atoms with E-state index in [1.54, 1.807) is 0 Å². The van der Waals surface area contributed by atoms with Gasteiger partial charge in [-0.05, 0) is 43.7 Å². The molecule has 3 rings (SSSR count). The van der Waals surface area contributed by atoms with Crippen molar-refractivity contribution in [3.05, 3.63) is 64.8 Å². The zero-order valence-electron chi connectivity index (χ0n) is 16.0. The lowest BCUT2D eigenvalue weighted by atomic mass is 10.0. The maximum atomic E-state index is 12.9. The van der Waals surface area contributed by atoms with E-state index in [9.17, 15) is 14.0 Å². The van der Waals surface area contributed by atoms with Crippen LogP contribution in [0.2, 0.25) is 0 Å². The molecule has 2 N–H and O–H groups in total. The highest BCUT2D eigenvalue weighted by Crippen LogP contribution is 2.28. The lowest BCUT2D eigenvalue weighted by Gasteiger charge is -2.05. The largest absolute Gasteiger partial charge is 0.325 e. The van der Waals surface area contributed by atoms with Crippen molar-refractivity contribution in [1.29, 1.82) is 0 Å². The first-order valence-electron chi connectivity index (χ1n) is 8.87. The number of hydrogen-bond donors (Lipinski definition) is 2. The lowest BCUT2D eigenvalue weighted by molar-refractivity contribution is -0.114. The number of hydrogen-bond acceptors (Lipinski definition) is 5. The van der Waals surface area contributed by atoms with Crippen LogP contribution in [0.1, 0.15) is 11.1 Å². The number of anilines is 2. The summed E-state index contributed by atoms with van der Waals surface area (Å²) >= 11 is 2.56. The number of nitrogens with one attached hydrogen (secondary N) is 2. The minimum absolute atomic E-state index is 0.122. The Morgan fingerprint density at radius 3 is 2.41 bits per heavy atom. The van der Waals surface area contributed by atoms with Crippen molar-refractivity contribution in [2.75, 3.05) is 22.1 Å². The van der Waals surface area contributed by atoms with Crippen LogP contribution in [0.5, 0.6) is 0 Å². The van der Waals surface area contributed by atoms with Gasteiger partial charge in [0.1, 0.15) is 5.82 Å². The molecule has 1 aromatic heterocycles. The van der Waals surface area contributed by atoms with E-state index >= 15 is 0 Å². The van der Waals surface area contributed by atoms with Crippen LogP contribution in [0.4, 0.5) is 15.2 Å². The van der Waals surface area contributed by atoms with Crippen LogP contribution in [0.3, 0.4) is 0 Å². The fraction of sp³-hybridized carbons (Fsp3) is 0.190. The maximum Gasteiger partial charge on any atom is 0.236 e. The van der Waals surface area contributed by atoms with Crippen LogP contribution in [0.25, 0.3) is 11.3 Å². The smallest absolute Gasteiger partial charge is 0.236 e. The van der Waals surface area contributed by atoms with E-state index in [1.165, 1.54) is 52.9 Å². The normalized spacial score (nSPS) is 10.6. The van der Waals surface area contributed by atoms with Gasteiger partial charge in [-0.1, -0.05) is 23.8 Å². The Kier molecular flexibility index (Phi) is 7.00. The van der Waals surface area contributed by atoms with Gasteiger partial charge in [-0.3, -0.25) is 9.59 Å². The van der Waals surface area contributed by atoms with Crippen molar-refractivity contribution < 1.29 is 14.0 Å². The molecule has 1 heterocycles. The van der Waals surface area contributed by atoms with E-state index in [0.717, 1.165) is 16.8 Å². The molecule has 0 saturated heterocycles. The third-order valence-corrected chi connectivity index (χ3v) is 5.69. The van der Waals surface area contributed by atoms with E-state index in [-0.39, 0.29) is 29.1 Å². The minimum Gasteiger partial charge on any atom is -0.325 e. The number of rotatable bonds is 7. The van der Waals surface area contributed by atoms with E-state index in [4.69, 9.17) is 0 Å². The first-order valence-corrected chi connectivity index (χ1v) is 10.9. The summed E-state index contributed by atoms with van der Waals surface area (Å²) in [6.07, 6.45) is 0. The molecule has 0 spiro atoms. The molecule has 29 heavy (non-hydrogen) atoms. The molecule has 0 saturated carbocycles. The molecular weight excluding hydrogens is 409 g/mol. The van der Waals surface area contributed by atoms with Crippen LogP contribution in [0, 0.1) is 19.7 Å². The predicted octanol–water partition coefficient (Wildman–Crippen LogP) is 4.88. The highest BCUT2D eigenvalue weighted by atomic mass is 32.2.